The molecular formula is CH2AgN2+. The van der Waals surface area contributed by atoms with Gasteiger partial charge in [0, 0.05) is 0 Å². The fraction of sp³-hybridized carbons (Fsp3) is 0. The van der Waals surface area contributed by atoms with Gasteiger partial charge in [-0.3, -0.25) is 0 Å². The SMILES string of the molecule is N#CN.[Ag+]. The monoisotopic (exact) mass is 149 g/mol. The van der Waals surface area contributed by atoms with Gasteiger partial charge in [-0.2, -0.15) is 5.26 Å². The Bertz CT molecular complexity index is 27.5. The quantitative estimate of drug-likeness (QED) is 0.285. The number of rotatable bonds is 0. The van der Waals surface area contributed by atoms with Crippen LogP contribution >= 0.6 is 0 Å². The van der Waals surface area contributed by atoms with Gasteiger partial charge >= 0.3 is 22.4 Å². The molecule has 0 aliphatic carbocycles. The molecular weight excluding hydrogens is 148 g/mol. The number of hydrogen-bond acceptors (Lipinski definition) is 2. The minimum Gasteiger partial charge on any atom is -0.337 e. The van der Waals surface area contributed by atoms with Crippen LogP contribution in [0.5, 0.6) is 0 Å². The van der Waals surface area contributed by atoms with Crippen LogP contribution in [0.15, 0.2) is 0 Å². The second kappa shape index (κ2) is 11.8. The summed E-state index contributed by atoms with van der Waals surface area (Å²) in [5, 5.41) is 7.10. The maximum absolute atomic E-state index is 7.10. The summed E-state index contributed by atoms with van der Waals surface area (Å²) in [5.41, 5.74) is 4.15. The molecule has 0 rings (SSSR count). The van der Waals surface area contributed by atoms with Crippen LogP contribution in [-0.4, -0.2) is 0 Å². The van der Waals surface area contributed by atoms with Crippen molar-refractivity contribution in [3.63, 3.8) is 0 Å². The van der Waals surface area contributed by atoms with Gasteiger partial charge in [0.05, 0.1) is 0 Å². The van der Waals surface area contributed by atoms with Gasteiger partial charge < -0.3 is 5.73 Å². The van der Waals surface area contributed by atoms with Crippen molar-refractivity contribution in [2.24, 2.45) is 5.73 Å². The van der Waals surface area contributed by atoms with Crippen LogP contribution in [0.2, 0.25) is 0 Å². The van der Waals surface area contributed by atoms with E-state index >= 15 is 0 Å². The van der Waals surface area contributed by atoms with E-state index in [1.165, 1.54) is 6.19 Å². The average Bonchev–Trinajstić information content (AvgIpc) is 0.918. The standard InChI is InChI=1S/CH2N2.Ag/c2-1-3;/h2H2;/q;+1. The molecule has 0 fully saturated rings. The van der Waals surface area contributed by atoms with Crippen LogP contribution in [-0.2, 0) is 22.4 Å². The van der Waals surface area contributed by atoms with E-state index in [1.807, 2.05) is 0 Å². The molecule has 0 aromatic rings. The molecule has 0 aromatic heterocycles. The fourth-order valence-corrected chi connectivity index (χ4v) is 0. The van der Waals surface area contributed by atoms with Crippen molar-refractivity contribution in [1.29, 1.82) is 5.26 Å². The summed E-state index contributed by atoms with van der Waals surface area (Å²) in [6.07, 6.45) is 1.25. The summed E-state index contributed by atoms with van der Waals surface area (Å²) < 4.78 is 0. The molecule has 0 bridgehead atoms. The van der Waals surface area contributed by atoms with Crippen molar-refractivity contribution in [2.45, 2.75) is 0 Å². The first-order valence-corrected chi connectivity index (χ1v) is 0.512. The summed E-state index contributed by atoms with van der Waals surface area (Å²) in [5.74, 6) is 0. The van der Waals surface area contributed by atoms with Gasteiger partial charge in [0.1, 0.15) is 0 Å². The van der Waals surface area contributed by atoms with Crippen molar-refractivity contribution < 1.29 is 22.4 Å². The molecule has 26 valence electrons. The molecule has 0 saturated carbocycles. The van der Waals surface area contributed by atoms with E-state index in [2.05, 4.69) is 5.73 Å². The van der Waals surface area contributed by atoms with Crippen molar-refractivity contribution in [2.75, 3.05) is 0 Å². The van der Waals surface area contributed by atoms with Crippen molar-refractivity contribution >= 4 is 0 Å². The zero-order chi connectivity index (χ0) is 2.71. The van der Waals surface area contributed by atoms with E-state index in [1.54, 1.807) is 0 Å². The van der Waals surface area contributed by atoms with E-state index < -0.39 is 0 Å². The average molecular weight is 150 g/mol. The second-order valence-corrected chi connectivity index (χ2v) is 0.129. The summed E-state index contributed by atoms with van der Waals surface area (Å²) in [7, 11) is 0. The molecule has 3 heteroatoms. The van der Waals surface area contributed by atoms with Crippen LogP contribution in [0.3, 0.4) is 0 Å². The number of hydrogen-bond donors (Lipinski definition) is 1. The molecule has 0 radical (unpaired) electrons. The zero-order valence-corrected chi connectivity index (χ0v) is 3.31. The third-order valence-electron chi connectivity index (χ3n) is 0. The Labute approximate surface area is 40.1 Å². The Kier molecular flexibility index (Phi) is 26.4. The largest absolute Gasteiger partial charge is 1.00 e. The molecule has 0 aliphatic heterocycles. The number of nitrogens with two attached hydrogens (primary N) is 1. The van der Waals surface area contributed by atoms with E-state index in [0.29, 0.717) is 0 Å². The summed E-state index contributed by atoms with van der Waals surface area (Å²) in [6.45, 7) is 0. The van der Waals surface area contributed by atoms with E-state index in [4.69, 9.17) is 5.26 Å². The first-order valence-electron chi connectivity index (χ1n) is 0.512. The molecule has 0 spiro atoms. The molecule has 0 saturated heterocycles. The molecule has 0 heterocycles. The summed E-state index contributed by atoms with van der Waals surface area (Å²) in [4.78, 5) is 0. The predicted octanol–water partition coefficient (Wildman–Crippen LogP) is -0.576. The van der Waals surface area contributed by atoms with Gasteiger partial charge in [-0.05, 0) is 0 Å². The Morgan fingerprint density at radius 2 is 1.75 bits per heavy atom. The predicted molar refractivity (Wildman–Crippen MR) is 9.80 cm³/mol. The van der Waals surface area contributed by atoms with E-state index in [-0.39, 0.29) is 22.4 Å². The molecule has 0 aromatic carbocycles. The van der Waals surface area contributed by atoms with Crippen LogP contribution in [0.4, 0.5) is 0 Å². The van der Waals surface area contributed by atoms with Crippen molar-refractivity contribution in [3.05, 3.63) is 0 Å². The second-order valence-electron chi connectivity index (χ2n) is 0.129. The van der Waals surface area contributed by atoms with Gasteiger partial charge in [0.2, 0.25) is 0 Å². The van der Waals surface area contributed by atoms with E-state index in [9.17, 15) is 0 Å². The fourth-order valence-electron chi connectivity index (χ4n) is 0. The Morgan fingerprint density at radius 3 is 1.75 bits per heavy atom. The molecule has 0 unspecified atom stereocenters. The molecule has 4 heavy (non-hydrogen) atoms. The third kappa shape index (κ3) is 2350. The minimum absolute atomic E-state index is 0. The Morgan fingerprint density at radius 1 is 1.75 bits per heavy atom. The Hall–Kier alpha value is 0.0303. The molecule has 2 nitrogen and oxygen atoms in total. The first kappa shape index (κ1) is 8.98. The third-order valence-corrected chi connectivity index (χ3v) is 0. The smallest absolute Gasteiger partial charge is 0.337 e. The van der Waals surface area contributed by atoms with Crippen LogP contribution in [0.1, 0.15) is 0 Å². The van der Waals surface area contributed by atoms with Crippen LogP contribution < -0.4 is 5.73 Å². The molecule has 0 aliphatic rings. The molecule has 0 amide bonds. The van der Waals surface area contributed by atoms with Gasteiger partial charge in [-0.25, -0.2) is 0 Å². The normalized spacial score (nSPS) is 1.75. The number of nitriles is 1. The topological polar surface area (TPSA) is 49.8 Å². The minimum atomic E-state index is 0. The van der Waals surface area contributed by atoms with Crippen LogP contribution in [0, 0.1) is 11.5 Å². The Balaban J connectivity index is 0. The maximum Gasteiger partial charge on any atom is 1.00 e. The van der Waals surface area contributed by atoms with Crippen molar-refractivity contribution in [3.8, 4) is 6.19 Å². The summed E-state index contributed by atoms with van der Waals surface area (Å²) >= 11 is 0. The van der Waals surface area contributed by atoms with Crippen LogP contribution in [0.25, 0.3) is 0 Å². The molecule has 0 atom stereocenters. The van der Waals surface area contributed by atoms with Gasteiger partial charge in [-0.15, -0.1) is 0 Å². The number of nitrogens with zero attached hydrogens (tertiary/aromatic N) is 1. The van der Waals surface area contributed by atoms with Gasteiger partial charge in [0.15, 0.2) is 6.19 Å². The maximum atomic E-state index is 7.10. The summed E-state index contributed by atoms with van der Waals surface area (Å²) in [6, 6.07) is 0. The first-order chi connectivity index (χ1) is 1.41. The van der Waals surface area contributed by atoms with Gasteiger partial charge in [0.25, 0.3) is 0 Å². The van der Waals surface area contributed by atoms with Gasteiger partial charge in [-0.1, -0.05) is 0 Å². The zero-order valence-electron chi connectivity index (χ0n) is 1.83. The van der Waals surface area contributed by atoms with E-state index in [0.717, 1.165) is 0 Å². The molecule has 2 N–H and O–H groups in total. The van der Waals surface area contributed by atoms with Crippen molar-refractivity contribution in [1.82, 2.24) is 0 Å².